The second-order valence-electron chi connectivity index (χ2n) is 9.06. The van der Waals surface area contributed by atoms with Crippen LogP contribution < -0.4 is 10.2 Å². The Hall–Kier alpha value is -2.86. The molecule has 0 atom stereocenters. The van der Waals surface area contributed by atoms with Crippen LogP contribution in [0.2, 0.25) is 0 Å². The molecule has 0 bridgehead atoms. The summed E-state index contributed by atoms with van der Waals surface area (Å²) < 4.78 is 5.46. The fourth-order valence-corrected chi connectivity index (χ4v) is 4.62. The van der Waals surface area contributed by atoms with Gasteiger partial charge in [-0.3, -0.25) is 19.9 Å². The average molecular weight is 450 g/mol. The number of nitrogens with zero attached hydrogens (tertiary/aromatic N) is 2. The van der Waals surface area contributed by atoms with Crippen LogP contribution in [0.1, 0.15) is 57.1 Å². The number of carbonyl (C=O) groups excluding carboxylic acids is 2. The maximum Gasteiger partial charge on any atom is 0.411 e. The quantitative estimate of drug-likeness (QED) is 0.564. The van der Waals surface area contributed by atoms with Gasteiger partial charge in [0.15, 0.2) is 0 Å². The van der Waals surface area contributed by atoms with Crippen LogP contribution in [0.4, 0.5) is 21.9 Å². The summed E-state index contributed by atoms with van der Waals surface area (Å²) in [5.41, 5.74) is 4.70. The van der Waals surface area contributed by atoms with Gasteiger partial charge >= 0.3 is 6.09 Å². The van der Waals surface area contributed by atoms with E-state index >= 15 is 0 Å². The number of amides is 2. The van der Waals surface area contributed by atoms with Crippen molar-refractivity contribution in [2.45, 2.75) is 64.9 Å². The Kier molecular flexibility index (Phi) is 7.65. The van der Waals surface area contributed by atoms with E-state index in [1.165, 1.54) is 5.56 Å². The van der Waals surface area contributed by atoms with Crippen molar-refractivity contribution >= 4 is 29.1 Å². The minimum atomic E-state index is -0.427. The molecule has 0 saturated heterocycles. The summed E-state index contributed by atoms with van der Waals surface area (Å²) >= 11 is 0. The Morgan fingerprint density at radius 1 is 1.00 bits per heavy atom. The summed E-state index contributed by atoms with van der Waals surface area (Å²) in [5, 5.41) is 2.87. The molecule has 6 nitrogen and oxygen atoms in total. The van der Waals surface area contributed by atoms with E-state index in [0.29, 0.717) is 12.2 Å². The lowest BCUT2D eigenvalue weighted by Gasteiger charge is -2.29. The minimum Gasteiger partial charge on any atom is -0.446 e. The molecule has 1 heterocycles. The van der Waals surface area contributed by atoms with Crippen molar-refractivity contribution in [3.05, 3.63) is 53.6 Å². The fourth-order valence-electron chi connectivity index (χ4n) is 4.62. The van der Waals surface area contributed by atoms with E-state index in [1.807, 2.05) is 41.3 Å². The summed E-state index contributed by atoms with van der Waals surface area (Å²) in [6, 6.07) is 14.0. The predicted octanol–water partition coefficient (Wildman–Crippen LogP) is 5.67. The zero-order chi connectivity index (χ0) is 23.2. The first-order valence-corrected chi connectivity index (χ1v) is 12.3. The molecule has 2 amide bonds. The Morgan fingerprint density at radius 3 is 2.36 bits per heavy atom. The smallest absolute Gasteiger partial charge is 0.411 e. The van der Waals surface area contributed by atoms with Crippen molar-refractivity contribution in [2.75, 3.05) is 29.9 Å². The largest absolute Gasteiger partial charge is 0.446 e. The number of nitrogens with one attached hydrogen (secondary N) is 1. The molecule has 0 aromatic heterocycles. The van der Waals surface area contributed by atoms with Crippen LogP contribution in [0.3, 0.4) is 0 Å². The average Bonchev–Trinajstić information content (AvgIpc) is 2.93. The van der Waals surface area contributed by atoms with Gasteiger partial charge in [0.2, 0.25) is 5.91 Å². The summed E-state index contributed by atoms with van der Waals surface area (Å²) in [6.45, 7) is 6.46. The standard InChI is InChI=1S/C27H35N3O3/c1-3-16-29(17-4-2)19-26(31)30-24-11-6-5-8-20(24)12-13-21-14-15-22(18-25(21)30)28-27(32)33-23-9-7-10-23/h5-6,8,11,14-15,18,23H,3-4,7,9-10,12-13,16-17,19H2,1-2H3,(H,28,32). The van der Waals surface area contributed by atoms with Gasteiger partial charge in [-0.05, 0) is 87.4 Å². The number of aryl methyl sites for hydroxylation is 2. The lowest BCUT2D eigenvalue weighted by Crippen LogP contribution is -2.39. The van der Waals surface area contributed by atoms with Crippen LogP contribution in [-0.4, -0.2) is 42.6 Å². The number of para-hydroxylation sites is 1. The molecule has 1 saturated carbocycles. The first-order chi connectivity index (χ1) is 16.1. The maximum absolute atomic E-state index is 13.7. The number of ether oxygens (including phenoxy) is 1. The molecule has 1 fully saturated rings. The Bertz CT molecular complexity index is 980. The molecule has 176 valence electrons. The molecule has 2 aromatic carbocycles. The van der Waals surface area contributed by atoms with E-state index in [-0.39, 0.29) is 12.0 Å². The van der Waals surface area contributed by atoms with Crippen LogP contribution >= 0.6 is 0 Å². The number of hydrogen-bond acceptors (Lipinski definition) is 4. The highest BCUT2D eigenvalue weighted by Crippen LogP contribution is 2.38. The van der Waals surface area contributed by atoms with Gasteiger partial charge in [0.1, 0.15) is 6.10 Å². The third-order valence-corrected chi connectivity index (χ3v) is 6.48. The number of rotatable bonds is 8. The molecule has 1 aliphatic heterocycles. The number of carbonyl (C=O) groups is 2. The predicted molar refractivity (Wildman–Crippen MR) is 132 cm³/mol. The molecule has 1 N–H and O–H groups in total. The first-order valence-electron chi connectivity index (χ1n) is 12.3. The molecule has 1 aliphatic carbocycles. The van der Waals surface area contributed by atoms with Gasteiger partial charge in [-0.2, -0.15) is 0 Å². The van der Waals surface area contributed by atoms with Crippen LogP contribution in [0.5, 0.6) is 0 Å². The second kappa shape index (κ2) is 10.8. The van der Waals surface area contributed by atoms with Crippen molar-refractivity contribution < 1.29 is 14.3 Å². The molecule has 0 radical (unpaired) electrons. The van der Waals surface area contributed by atoms with Crippen LogP contribution in [-0.2, 0) is 22.4 Å². The molecule has 4 rings (SSSR count). The van der Waals surface area contributed by atoms with Gasteiger partial charge in [-0.25, -0.2) is 4.79 Å². The second-order valence-corrected chi connectivity index (χ2v) is 9.06. The highest BCUT2D eigenvalue weighted by molar-refractivity contribution is 6.04. The van der Waals surface area contributed by atoms with E-state index in [1.54, 1.807) is 0 Å². The van der Waals surface area contributed by atoms with E-state index in [0.717, 1.165) is 75.0 Å². The lowest BCUT2D eigenvalue weighted by molar-refractivity contribution is -0.119. The highest BCUT2D eigenvalue weighted by Gasteiger charge is 2.28. The summed E-state index contributed by atoms with van der Waals surface area (Å²) in [5.74, 6) is 0.0571. The van der Waals surface area contributed by atoms with Crippen LogP contribution in [0.15, 0.2) is 42.5 Å². The van der Waals surface area contributed by atoms with E-state index in [4.69, 9.17) is 4.74 Å². The summed E-state index contributed by atoms with van der Waals surface area (Å²) in [4.78, 5) is 30.2. The van der Waals surface area contributed by atoms with Gasteiger partial charge in [0.25, 0.3) is 0 Å². The topological polar surface area (TPSA) is 61.9 Å². The zero-order valence-electron chi connectivity index (χ0n) is 19.8. The SMILES string of the molecule is CCCN(CCC)CC(=O)N1c2ccccc2CCc2ccc(NC(=O)OC3CCC3)cc21. The monoisotopic (exact) mass is 449 g/mol. The molecule has 33 heavy (non-hydrogen) atoms. The van der Waals surface area contributed by atoms with Crippen molar-refractivity contribution in [3.8, 4) is 0 Å². The van der Waals surface area contributed by atoms with Gasteiger partial charge in [0, 0.05) is 5.69 Å². The number of fused-ring (bicyclic) bond motifs is 2. The van der Waals surface area contributed by atoms with Gasteiger partial charge in [-0.15, -0.1) is 0 Å². The molecule has 0 unspecified atom stereocenters. The van der Waals surface area contributed by atoms with Crippen LogP contribution in [0, 0.1) is 0 Å². The maximum atomic E-state index is 13.7. The number of anilines is 3. The highest BCUT2D eigenvalue weighted by atomic mass is 16.6. The normalized spacial score (nSPS) is 15.3. The molecule has 2 aromatic rings. The van der Waals surface area contributed by atoms with Gasteiger partial charge in [-0.1, -0.05) is 38.1 Å². The Labute approximate surface area is 196 Å². The lowest BCUT2D eigenvalue weighted by atomic mass is 9.96. The summed E-state index contributed by atoms with van der Waals surface area (Å²) in [6.07, 6.45) is 6.32. The molecule has 6 heteroatoms. The van der Waals surface area contributed by atoms with E-state index in [2.05, 4.69) is 30.1 Å². The Balaban J connectivity index is 1.64. The fraction of sp³-hybridized carbons (Fsp3) is 0.481. The van der Waals surface area contributed by atoms with Gasteiger partial charge < -0.3 is 4.74 Å². The molecule has 2 aliphatic rings. The van der Waals surface area contributed by atoms with Crippen molar-refractivity contribution in [3.63, 3.8) is 0 Å². The third-order valence-electron chi connectivity index (χ3n) is 6.48. The number of benzene rings is 2. The van der Waals surface area contributed by atoms with Gasteiger partial charge in [0.05, 0.1) is 17.9 Å². The number of hydrogen-bond donors (Lipinski definition) is 1. The van der Waals surface area contributed by atoms with E-state index < -0.39 is 6.09 Å². The zero-order valence-corrected chi connectivity index (χ0v) is 19.8. The van der Waals surface area contributed by atoms with Crippen LogP contribution in [0.25, 0.3) is 0 Å². The molecular weight excluding hydrogens is 414 g/mol. The van der Waals surface area contributed by atoms with E-state index in [9.17, 15) is 9.59 Å². The minimum absolute atomic E-state index is 0.0268. The van der Waals surface area contributed by atoms with Crippen molar-refractivity contribution in [1.82, 2.24) is 4.90 Å². The first kappa shape index (κ1) is 23.3. The Morgan fingerprint density at radius 2 is 1.70 bits per heavy atom. The summed E-state index contributed by atoms with van der Waals surface area (Å²) in [7, 11) is 0. The van der Waals surface area contributed by atoms with Crippen molar-refractivity contribution in [1.29, 1.82) is 0 Å². The molecule has 0 spiro atoms. The van der Waals surface area contributed by atoms with Crippen molar-refractivity contribution in [2.24, 2.45) is 0 Å². The molecular formula is C27H35N3O3. The third kappa shape index (κ3) is 5.56.